The molecule has 3 aromatic carbocycles. The molecule has 0 bridgehead atoms. The molecule has 2 heterocycles. The van der Waals surface area contributed by atoms with Crippen LogP contribution < -0.4 is 10.9 Å². The number of nitrogens with zero attached hydrogens (tertiary/aromatic N) is 2. The summed E-state index contributed by atoms with van der Waals surface area (Å²) in [6, 6.07) is 19.4. The molecule has 0 spiro atoms. The number of aromatic amines is 1. The number of fused-ring (bicyclic) bond motifs is 3. The highest BCUT2D eigenvalue weighted by Gasteiger charge is 2.33. The van der Waals surface area contributed by atoms with Crippen LogP contribution in [-0.4, -0.2) is 26.2 Å². The van der Waals surface area contributed by atoms with E-state index in [1.165, 1.54) is 22.8 Å². The van der Waals surface area contributed by atoms with E-state index in [1.807, 2.05) is 43.3 Å². The van der Waals surface area contributed by atoms with Crippen molar-refractivity contribution in [3.8, 4) is 5.69 Å². The quantitative estimate of drug-likeness (QED) is 0.228. The number of carbonyl (C=O) groups excluding carboxylic acids is 1. The van der Waals surface area contributed by atoms with Crippen LogP contribution in [0, 0.1) is 6.92 Å². The number of amides is 1. The first-order valence-corrected chi connectivity index (χ1v) is 11.9. The lowest BCUT2D eigenvalue weighted by atomic mass is 10.1. The van der Waals surface area contributed by atoms with E-state index in [1.54, 1.807) is 12.1 Å². The van der Waals surface area contributed by atoms with Crippen molar-refractivity contribution in [3.63, 3.8) is 0 Å². The molecule has 0 saturated carbocycles. The molecule has 0 atom stereocenters. The standard InChI is InChI=1S/C26H19F3N4O2S/c1-15-8-2-7-13-20(15)33-24(35)23-22(16-9-3-5-11-18(16)31-23)32-25(33)36-14-21(34)30-19-12-6-4-10-17(19)26(27,28)29/h2-13,31H,14H2,1H3,(H,30,34). The maximum absolute atomic E-state index is 13.6. The van der Waals surface area contributed by atoms with Gasteiger partial charge in [0.15, 0.2) is 5.16 Å². The van der Waals surface area contributed by atoms with Crippen LogP contribution in [0.3, 0.4) is 0 Å². The number of halogens is 3. The zero-order valence-corrected chi connectivity index (χ0v) is 19.7. The van der Waals surface area contributed by atoms with E-state index in [4.69, 9.17) is 4.98 Å². The number of nitrogens with one attached hydrogen (secondary N) is 2. The average molecular weight is 509 g/mol. The molecule has 2 N–H and O–H groups in total. The lowest BCUT2D eigenvalue weighted by Gasteiger charge is -2.15. The molecule has 0 unspecified atom stereocenters. The van der Waals surface area contributed by atoms with Gasteiger partial charge in [-0.15, -0.1) is 0 Å². The highest BCUT2D eigenvalue weighted by molar-refractivity contribution is 7.99. The molecule has 6 nitrogen and oxygen atoms in total. The smallest absolute Gasteiger partial charge is 0.349 e. The number of alkyl halides is 3. The fourth-order valence-electron chi connectivity index (χ4n) is 4.02. The second-order valence-electron chi connectivity index (χ2n) is 8.10. The van der Waals surface area contributed by atoms with Gasteiger partial charge in [-0.1, -0.05) is 60.3 Å². The lowest BCUT2D eigenvalue weighted by molar-refractivity contribution is -0.137. The molecule has 0 aliphatic heterocycles. The largest absolute Gasteiger partial charge is 0.418 e. The Morgan fingerprint density at radius 1 is 1.03 bits per heavy atom. The summed E-state index contributed by atoms with van der Waals surface area (Å²) in [5.74, 6) is -0.903. The Labute approximate surface area is 207 Å². The van der Waals surface area contributed by atoms with Gasteiger partial charge in [-0.2, -0.15) is 13.2 Å². The Kier molecular flexibility index (Phi) is 6.05. The number of aromatic nitrogens is 3. The summed E-state index contributed by atoms with van der Waals surface area (Å²) in [4.78, 5) is 34.1. The van der Waals surface area contributed by atoms with E-state index in [0.29, 0.717) is 16.7 Å². The number of anilines is 1. The second-order valence-corrected chi connectivity index (χ2v) is 9.04. The van der Waals surface area contributed by atoms with Crippen LogP contribution in [-0.2, 0) is 11.0 Å². The van der Waals surface area contributed by atoms with E-state index >= 15 is 0 Å². The van der Waals surface area contributed by atoms with Gasteiger partial charge in [0.05, 0.1) is 22.7 Å². The number of thioether (sulfide) groups is 1. The monoisotopic (exact) mass is 508 g/mol. The molecule has 10 heteroatoms. The SMILES string of the molecule is Cc1ccccc1-n1c(SCC(=O)Nc2ccccc2C(F)(F)F)nc2c([nH]c3ccccc32)c1=O. The van der Waals surface area contributed by atoms with Gasteiger partial charge < -0.3 is 10.3 Å². The van der Waals surface area contributed by atoms with E-state index < -0.39 is 17.6 Å². The number of hydrogen-bond acceptors (Lipinski definition) is 4. The van der Waals surface area contributed by atoms with Crippen LogP contribution in [0.25, 0.3) is 27.6 Å². The number of para-hydroxylation sites is 3. The van der Waals surface area contributed by atoms with Crippen LogP contribution >= 0.6 is 11.8 Å². The maximum Gasteiger partial charge on any atom is 0.418 e. The summed E-state index contributed by atoms with van der Waals surface area (Å²) < 4.78 is 41.4. The summed E-state index contributed by atoms with van der Waals surface area (Å²) >= 11 is 0.977. The minimum absolute atomic E-state index is 0.252. The summed E-state index contributed by atoms with van der Waals surface area (Å²) in [5.41, 5.74) is 1.36. The van der Waals surface area contributed by atoms with Crippen LogP contribution in [0.15, 0.2) is 82.7 Å². The summed E-state index contributed by atoms with van der Waals surface area (Å²) in [7, 11) is 0. The molecule has 36 heavy (non-hydrogen) atoms. The van der Waals surface area contributed by atoms with Gasteiger partial charge in [0, 0.05) is 10.9 Å². The number of benzene rings is 3. The van der Waals surface area contributed by atoms with E-state index in [0.717, 1.165) is 34.3 Å². The number of rotatable bonds is 5. The van der Waals surface area contributed by atoms with Crippen molar-refractivity contribution in [2.75, 3.05) is 11.1 Å². The molecular formula is C26H19F3N4O2S. The first-order valence-electron chi connectivity index (χ1n) is 10.9. The predicted octanol–water partition coefficient (Wildman–Crippen LogP) is 5.93. The Bertz CT molecular complexity index is 1670. The van der Waals surface area contributed by atoms with Crippen molar-refractivity contribution < 1.29 is 18.0 Å². The van der Waals surface area contributed by atoms with Crippen molar-refractivity contribution >= 4 is 45.3 Å². The highest BCUT2D eigenvalue weighted by Crippen LogP contribution is 2.35. The van der Waals surface area contributed by atoms with Crippen molar-refractivity contribution in [2.24, 2.45) is 0 Å². The topological polar surface area (TPSA) is 79.8 Å². The van der Waals surface area contributed by atoms with Gasteiger partial charge >= 0.3 is 6.18 Å². The molecule has 0 saturated heterocycles. The van der Waals surface area contributed by atoms with Crippen LogP contribution in [0.4, 0.5) is 18.9 Å². The summed E-state index contributed by atoms with van der Waals surface area (Å²) in [6.07, 6.45) is -4.61. The first-order chi connectivity index (χ1) is 17.2. The fourth-order valence-corrected chi connectivity index (χ4v) is 4.82. The van der Waals surface area contributed by atoms with Crippen LogP contribution in [0.5, 0.6) is 0 Å². The Morgan fingerprint density at radius 2 is 1.72 bits per heavy atom. The lowest BCUT2D eigenvalue weighted by Crippen LogP contribution is -2.24. The number of hydrogen-bond donors (Lipinski definition) is 2. The molecule has 0 fully saturated rings. The van der Waals surface area contributed by atoms with Gasteiger partial charge in [0.25, 0.3) is 5.56 Å². The summed E-state index contributed by atoms with van der Waals surface area (Å²) in [5, 5.41) is 3.35. The fraction of sp³-hybridized carbons (Fsp3) is 0.115. The average Bonchev–Trinajstić information content (AvgIpc) is 3.22. The molecule has 0 aliphatic rings. The first kappa shape index (κ1) is 23.7. The number of aryl methyl sites for hydroxylation is 1. The van der Waals surface area contributed by atoms with E-state index in [-0.39, 0.29) is 22.2 Å². The number of H-pyrrole nitrogens is 1. The van der Waals surface area contributed by atoms with Gasteiger partial charge in [-0.25, -0.2) is 4.98 Å². The Balaban J connectivity index is 1.55. The van der Waals surface area contributed by atoms with Gasteiger partial charge in [-0.05, 0) is 36.8 Å². The van der Waals surface area contributed by atoms with E-state index in [2.05, 4.69) is 10.3 Å². The van der Waals surface area contributed by atoms with Crippen LogP contribution in [0.1, 0.15) is 11.1 Å². The number of carbonyl (C=O) groups is 1. The third-order valence-corrected chi connectivity index (χ3v) is 6.63. The van der Waals surface area contributed by atoms with Crippen LogP contribution in [0.2, 0.25) is 0 Å². The molecule has 5 aromatic rings. The highest BCUT2D eigenvalue weighted by atomic mass is 32.2. The molecule has 182 valence electrons. The molecule has 0 radical (unpaired) electrons. The minimum Gasteiger partial charge on any atom is -0.349 e. The summed E-state index contributed by atoms with van der Waals surface area (Å²) in [6.45, 7) is 1.85. The zero-order valence-electron chi connectivity index (χ0n) is 18.9. The van der Waals surface area contributed by atoms with Crippen molar-refractivity contribution in [1.29, 1.82) is 0 Å². The predicted molar refractivity (Wildman–Crippen MR) is 135 cm³/mol. The normalized spacial score (nSPS) is 11.8. The zero-order chi connectivity index (χ0) is 25.4. The van der Waals surface area contributed by atoms with Gasteiger partial charge in [0.2, 0.25) is 5.91 Å². The Hall–Kier alpha value is -4.05. The molecule has 5 rings (SSSR count). The Morgan fingerprint density at radius 3 is 2.50 bits per heavy atom. The molecule has 1 amide bonds. The third kappa shape index (κ3) is 4.35. The van der Waals surface area contributed by atoms with Crippen molar-refractivity contribution in [2.45, 2.75) is 18.3 Å². The minimum atomic E-state index is -4.61. The molecule has 0 aliphatic carbocycles. The molecule has 2 aromatic heterocycles. The van der Waals surface area contributed by atoms with E-state index in [9.17, 15) is 22.8 Å². The van der Waals surface area contributed by atoms with Gasteiger partial charge in [0.1, 0.15) is 11.0 Å². The maximum atomic E-state index is 13.6. The molecular weight excluding hydrogens is 489 g/mol. The third-order valence-electron chi connectivity index (χ3n) is 5.69. The van der Waals surface area contributed by atoms with Crippen molar-refractivity contribution in [1.82, 2.24) is 14.5 Å². The second kappa shape index (κ2) is 9.19. The van der Waals surface area contributed by atoms with Crippen molar-refractivity contribution in [3.05, 3.63) is 94.3 Å². The van der Waals surface area contributed by atoms with Gasteiger partial charge in [-0.3, -0.25) is 14.2 Å².